The fourth-order valence-corrected chi connectivity index (χ4v) is 3.18. The Morgan fingerprint density at radius 2 is 1.35 bits per heavy atom. The smallest absolute Gasteiger partial charge is 0.253 e. The molecular formula is C20H24N2O. The second-order valence-electron chi connectivity index (χ2n) is 6.49. The number of piperazine rings is 1. The van der Waals surface area contributed by atoms with Crippen molar-refractivity contribution in [3.05, 3.63) is 64.7 Å². The van der Waals surface area contributed by atoms with Crippen molar-refractivity contribution in [3.63, 3.8) is 0 Å². The van der Waals surface area contributed by atoms with Crippen LogP contribution in [0.1, 0.15) is 27.0 Å². The van der Waals surface area contributed by atoms with Crippen LogP contribution < -0.4 is 4.90 Å². The number of anilines is 1. The molecule has 0 bridgehead atoms. The van der Waals surface area contributed by atoms with Gasteiger partial charge in [-0.05, 0) is 56.2 Å². The normalized spacial score (nSPS) is 14.9. The zero-order chi connectivity index (χ0) is 16.4. The van der Waals surface area contributed by atoms with E-state index in [0.717, 1.165) is 31.7 Å². The zero-order valence-electron chi connectivity index (χ0n) is 14.2. The molecule has 1 aliphatic rings. The molecule has 3 heteroatoms. The van der Waals surface area contributed by atoms with Crippen LogP contribution in [0.2, 0.25) is 0 Å². The molecule has 1 fully saturated rings. The molecule has 0 radical (unpaired) electrons. The molecule has 1 aliphatic heterocycles. The monoisotopic (exact) mass is 308 g/mol. The molecular weight excluding hydrogens is 284 g/mol. The van der Waals surface area contributed by atoms with Gasteiger partial charge in [-0.25, -0.2) is 0 Å². The highest BCUT2D eigenvalue weighted by Crippen LogP contribution is 2.21. The fourth-order valence-electron chi connectivity index (χ4n) is 3.18. The number of hydrogen-bond acceptors (Lipinski definition) is 2. The number of nitrogens with zero attached hydrogens (tertiary/aromatic N) is 2. The SMILES string of the molecule is Cc1ccc(C(=O)N2CCN(c3cc(C)cc(C)c3)CC2)cc1. The lowest BCUT2D eigenvalue weighted by Gasteiger charge is -2.36. The minimum atomic E-state index is 0.144. The third kappa shape index (κ3) is 3.55. The molecule has 1 heterocycles. The van der Waals surface area contributed by atoms with Crippen LogP contribution in [0, 0.1) is 20.8 Å². The van der Waals surface area contributed by atoms with E-state index in [9.17, 15) is 4.79 Å². The number of carbonyl (C=O) groups is 1. The van der Waals surface area contributed by atoms with E-state index in [1.54, 1.807) is 0 Å². The second kappa shape index (κ2) is 6.45. The lowest BCUT2D eigenvalue weighted by molar-refractivity contribution is 0.0747. The van der Waals surface area contributed by atoms with Crippen molar-refractivity contribution in [2.24, 2.45) is 0 Å². The molecule has 0 N–H and O–H groups in total. The Morgan fingerprint density at radius 3 is 1.91 bits per heavy atom. The summed E-state index contributed by atoms with van der Waals surface area (Å²) >= 11 is 0. The van der Waals surface area contributed by atoms with Crippen molar-refractivity contribution < 1.29 is 4.79 Å². The predicted octanol–water partition coefficient (Wildman–Crippen LogP) is 3.57. The summed E-state index contributed by atoms with van der Waals surface area (Å²) in [6, 6.07) is 14.5. The van der Waals surface area contributed by atoms with Crippen LogP contribution in [0.5, 0.6) is 0 Å². The first kappa shape index (κ1) is 15.6. The number of amides is 1. The van der Waals surface area contributed by atoms with Crippen molar-refractivity contribution in [2.75, 3.05) is 31.1 Å². The van der Waals surface area contributed by atoms with E-state index in [-0.39, 0.29) is 5.91 Å². The zero-order valence-corrected chi connectivity index (χ0v) is 14.2. The van der Waals surface area contributed by atoms with E-state index < -0.39 is 0 Å². The Balaban J connectivity index is 1.66. The first-order valence-electron chi connectivity index (χ1n) is 8.22. The minimum absolute atomic E-state index is 0.144. The quantitative estimate of drug-likeness (QED) is 0.846. The summed E-state index contributed by atoms with van der Waals surface area (Å²) in [7, 11) is 0. The van der Waals surface area contributed by atoms with E-state index in [0.29, 0.717) is 0 Å². The summed E-state index contributed by atoms with van der Waals surface area (Å²) in [6.07, 6.45) is 0. The molecule has 1 saturated heterocycles. The Bertz CT molecular complexity index is 678. The van der Waals surface area contributed by atoms with Gasteiger partial charge in [0.15, 0.2) is 0 Å². The van der Waals surface area contributed by atoms with Gasteiger partial charge in [0.1, 0.15) is 0 Å². The first-order valence-corrected chi connectivity index (χ1v) is 8.22. The Labute approximate surface area is 138 Å². The van der Waals surface area contributed by atoms with Crippen LogP contribution in [0.15, 0.2) is 42.5 Å². The highest BCUT2D eigenvalue weighted by atomic mass is 16.2. The van der Waals surface area contributed by atoms with Gasteiger partial charge in [-0.15, -0.1) is 0 Å². The molecule has 3 nitrogen and oxygen atoms in total. The molecule has 0 saturated carbocycles. The maximum absolute atomic E-state index is 12.6. The average molecular weight is 308 g/mol. The average Bonchev–Trinajstić information content (AvgIpc) is 2.54. The van der Waals surface area contributed by atoms with Gasteiger partial charge >= 0.3 is 0 Å². The Kier molecular flexibility index (Phi) is 4.37. The van der Waals surface area contributed by atoms with Gasteiger partial charge in [0, 0.05) is 37.4 Å². The number of rotatable bonds is 2. The summed E-state index contributed by atoms with van der Waals surface area (Å²) in [5.41, 5.74) is 5.82. The first-order chi connectivity index (χ1) is 11.0. The van der Waals surface area contributed by atoms with Crippen molar-refractivity contribution in [3.8, 4) is 0 Å². The predicted molar refractivity (Wildman–Crippen MR) is 95.2 cm³/mol. The summed E-state index contributed by atoms with van der Waals surface area (Å²) in [5.74, 6) is 0.144. The molecule has 0 aliphatic carbocycles. The molecule has 2 aromatic carbocycles. The van der Waals surface area contributed by atoms with Crippen LogP contribution in [0.4, 0.5) is 5.69 Å². The molecule has 0 unspecified atom stereocenters. The summed E-state index contributed by atoms with van der Waals surface area (Å²) in [6.45, 7) is 9.64. The topological polar surface area (TPSA) is 23.6 Å². The standard InChI is InChI=1S/C20H24N2O/c1-15-4-6-18(7-5-15)20(23)22-10-8-21(9-11-22)19-13-16(2)12-17(3)14-19/h4-7,12-14H,8-11H2,1-3H3. The van der Waals surface area contributed by atoms with Crippen molar-refractivity contribution in [1.82, 2.24) is 4.90 Å². The number of benzene rings is 2. The lowest BCUT2D eigenvalue weighted by Crippen LogP contribution is -2.48. The van der Waals surface area contributed by atoms with E-state index in [1.165, 1.54) is 22.4 Å². The third-order valence-corrected chi connectivity index (χ3v) is 4.44. The summed E-state index contributed by atoms with van der Waals surface area (Å²) in [4.78, 5) is 16.9. The second-order valence-corrected chi connectivity index (χ2v) is 6.49. The van der Waals surface area contributed by atoms with Gasteiger partial charge in [-0.3, -0.25) is 4.79 Å². The van der Waals surface area contributed by atoms with E-state index in [4.69, 9.17) is 0 Å². The highest BCUT2D eigenvalue weighted by Gasteiger charge is 2.22. The molecule has 120 valence electrons. The third-order valence-electron chi connectivity index (χ3n) is 4.44. The van der Waals surface area contributed by atoms with Crippen LogP contribution in [-0.2, 0) is 0 Å². The van der Waals surface area contributed by atoms with E-state index in [2.05, 4.69) is 36.9 Å². The van der Waals surface area contributed by atoms with Gasteiger partial charge in [-0.1, -0.05) is 23.8 Å². The van der Waals surface area contributed by atoms with Crippen molar-refractivity contribution in [2.45, 2.75) is 20.8 Å². The number of carbonyl (C=O) groups excluding carboxylic acids is 1. The summed E-state index contributed by atoms with van der Waals surface area (Å²) in [5, 5.41) is 0. The summed E-state index contributed by atoms with van der Waals surface area (Å²) < 4.78 is 0. The van der Waals surface area contributed by atoms with Crippen molar-refractivity contribution >= 4 is 11.6 Å². The van der Waals surface area contributed by atoms with E-state index in [1.807, 2.05) is 36.1 Å². The molecule has 3 rings (SSSR count). The minimum Gasteiger partial charge on any atom is -0.368 e. The van der Waals surface area contributed by atoms with Gasteiger partial charge in [0.05, 0.1) is 0 Å². The Hall–Kier alpha value is -2.29. The molecule has 0 aromatic heterocycles. The largest absolute Gasteiger partial charge is 0.368 e. The molecule has 2 aromatic rings. The van der Waals surface area contributed by atoms with Crippen LogP contribution in [0.3, 0.4) is 0 Å². The maximum atomic E-state index is 12.6. The van der Waals surface area contributed by atoms with Crippen LogP contribution in [0.25, 0.3) is 0 Å². The Morgan fingerprint density at radius 1 is 0.783 bits per heavy atom. The van der Waals surface area contributed by atoms with Crippen molar-refractivity contribution in [1.29, 1.82) is 0 Å². The van der Waals surface area contributed by atoms with Crippen LogP contribution >= 0.6 is 0 Å². The highest BCUT2D eigenvalue weighted by molar-refractivity contribution is 5.94. The van der Waals surface area contributed by atoms with Gasteiger partial charge in [0.2, 0.25) is 0 Å². The van der Waals surface area contributed by atoms with Gasteiger partial charge in [-0.2, -0.15) is 0 Å². The van der Waals surface area contributed by atoms with Crippen LogP contribution in [-0.4, -0.2) is 37.0 Å². The lowest BCUT2D eigenvalue weighted by atomic mass is 10.1. The molecule has 0 atom stereocenters. The molecule has 0 spiro atoms. The molecule has 23 heavy (non-hydrogen) atoms. The van der Waals surface area contributed by atoms with E-state index >= 15 is 0 Å². The van der Waals surface area contributed by atoms with Gasteiger partial charge in [0.25, 0.3) is 5.91 Å². The fraction of sp³-hybridized carbons (Fsp3) is 0.350. The van der Waals surface area contributed by atoms with Gasteiger partial charge < -0.3 is 9.80 Å². The number of aryl methyl sites for hydroxylation is 3. The maximum Gasteiger partial charge on any atom is 0.253 e. The molecule has 1 amide bonds. The number of hydrogen-bond donors (Lipinski definition) is 0.